The van der Waals surface area contributed by atoms with Crippen molar-refractivity contribution in [1.82, 2.24) is 10.2 Å². The molecule has 1 heterocycles. The number of benzene rings is 2. The van der Waals surface area contributed by atoms with Crippen LogP contribution in [0.2, 0.25) is 10.0 Å². The lowest BCUT2D eigenvalue weighted by molar-refractivity contribution is 0.0726. The third kappa shape index (κ3) is 4.31. The van der Waals surface area contributed by atoms with Crippen molar-refractivity contribution < 1.29 is 14.3 Å². The second-order valence-corrected chi connectivity index (χ2v) is 6.07. The van der Waals surface area contributed by atoms with E-state index in [1.807, 2.05) is 31.2 Å². The number of carbonyl (C=O) groups is 1. The molecular formula is C19H14Cl2N2O3. The summed E-state index contributed by atoms with van der Waals surface area (Å²) in [5, 5.41) is 8.66. The van der Waals surface area contributed by atoms with Crippen LogP contribution < -0.4 is 9.47 Å². The van der Waals surface area contributed by atoms with Gasteiger partial charge in [0.05, 0.1) is 22.9 Å². The highest BCUT2D eigenvalue weighted by Gasteiger charge is 2.14. The van der Waals surface area contributed by atoms with Crippen LogP contribution >= 0.6 is 23.2 Å². The Hall–Kier alpha value is -2.63. The summed E-state index contributed by atoms with van der Waals surface area (Å²) in [6, 6.07) is 15.3. The normalized spacial score (nSPS) is 10.4. The standard InChI is InChI=1S/C19H14Cl2N2O3/c1-2-25-14-6-3-12(4-7-14)17-9-10-18(23-22-17)26-19(24)15-8-5-13(20)11-16(15)21/h3-11H,2H2,1H3. The van der Waals surface area contributed by atoms with Crippen molar-refractivity contribution in [1.29, 1.82) is 0 Å². The van der Waals surface area contributed by atoms with Gasteiger partial charge in [-0.2, -0.15) is 0 Å². The summed E-state index contributed by atoms with van der Waals surface area (Å²) in [5.74, 6) is 0.236. The third-order valence-corrected chi connectivity index (χ3v) is 4.00. The maximum absolute atomic E-state index is 12.2. The minimum atomic E-state index is -0.630. The molecule has 0 aliphatic carbocycles. The number of hydrogen-bond donors (Lipinski definition) is 0. The molecule has 3 aromatic rings. The third-order valence-electron chi connectivity index (χ3n) is 3.45. The maximum atomic E-state index is 12.2. The molecule has 0 atom stereocenters. The van der Waals surface area contributed by atoms with Crippen molar-refractivity contribution in [3.8, 4) is 22.9 Å². The first-order valence-electron chi connectivity index (χ1n) is 7.81. The van der Waals surface area contributed by atoms with Gasteiger partial charge in [-0.3, -0.25) is 0 Å². The number of halogens is 2. The van der Waals surface area contributed by atoms with Gasteiger partial charge in [0.15, 0.2) is 0 Å². The zero-order valence-corrected chi connectivity index (χ0v) is 15.3. The Balaban J connectivity index is 1.72. The van der Waals surface area contributed by atoms with Crippen LogP contribution in [0.1, 0.15) is 17.3 Å². The number of ether oxygens (including phenoxy) is 2. The number of aromatic nitrogens is 2. The highest BCUT2D eigenvalue weighted by Crippen LogP contribution is 2.24. The van der Waals surface area contributed by atoms with Gasteiger partial charge >= 0.3 is 5.97 Å². The Bertz CT molecular complexity index is 913. The molecule has 0 bridgehead atoms. The lowest BCUT2D eigenvalue weighted by Crippen LogP contribution is -2.10. The Labute approximate surface area is 160 Å². The van der Waals surface area contributed by atoms with Crippen molar-refractivity contribution >= 4 is 29.2 Å². The van der Waals surface area contributed by atoms with Gasteiger partial charge in [-0.25, -0.2) is 4.79 Å². The van der Waals surface area contributed by atoms with Gasteiger partial charge in [0, 0.05) is 16.7 Å². The van der Waals surface area contributed by atoms with E-state index in [9.17, 15) is 4.79 Å². The SMILES string of the molecule is CCOc1ccc(-c2ccc(OC(=O)c3ccc(Cl)cc3Cl)nn2)cc1. The Kier molecular flexibility index (Phi) is 5.71. The van der Waals surface area contributed by atoms with Crippen LogP contribution in [0.15, 0.2) is 54.6 Å². The summed E-state index contributed by atoms with van der Waals surface area (Å²) in [5.41, 5.74) is 1.73. The van der Waals surface area contributed by atoms with Crippen molar-refractivity contribution in [3.05, 3.63) is 70.2 Å². The number of hydrogen-bond acceptors (Lipinski definition) is 5. The van der Waals surface area contributed by atoms with Gasteiger partial charge in [-0.15, -0.1) is 10.2 Å². The molecule has 0 fully saturated rings. The summed E-state index contributed by atoms with van der Waals surface area (Å²) < 4.78 is 10.6. The topological polar surface area (TPSA) is 61.3 Å². The Morgan fingerprint density at radius 3 is 2.38 bits per heavy atom. The summed E-state index contributed by atoms with van der Waals surface area (Å²) in [6.45, 7) is 2.54. The molecule has 0 aliphatic rings. The van der Waals surface area contributed by atoms with Crippen molar-refractivity contribution in [2.45, 2.75) is 6.92 Å². The van der Waals surface area contributed by atoms with E-state index in [0.717, 1.165) is 11.3 Å². The number of nitrogens with zero attached hydrogens (tertiary/aromatic N) is 2. The molecular weight excluding hydrogens is 375 g/mol. The molecule has 0 saturated carbocycles. The molecule has 1 aromatic heterocycles. The zero-order valence-electron chi connectivity index (χ0n) is 13.8. The zero-order chi connectivity index (χ0) is 18.5. The second kappa shape index (κ2) is 8.17. The highest BCUT2D eigenvalue weighted by atomic mass is 35.5. The van der Waals surface area contributed by atoms with E-state index in [-0.39, 0.29) is 16.5 Å². The number of rotatable bonds is 5. The van der Waals surface area contributed by atoms with Gasteiger partial charge in [-0.05, 0) is 55.5 Å². The molecule has 132 valence electrons. The fraction of sp³-hybridized carbons (Fsp3) is 0.105. The second-order valence-electron chi connectivity index (χ2n) is 5.23. The van der Waals surface area contributed by atoms with E-state index in [2.05, 4.69) is 10.2 Å². The molecule has 0 amide bonds. The monoisotopic (exact) mass is 388 g/mol. The van der Waals surface area contributed by atoms with Gasteiger partial charge in [-0.1, -0.05) is 23.2 Å². The van der Waals surface area contributed by atoms with Crippen LogP contribution in [-0.4, -0.2) is 22.8 Å². The summed E-state index contributed by atoms with van der Waals surface area (Å²) in [6.07, 6.45) is 0. The molecule has 7 heteroatoms. The molecule has 0 radical (unpaired) electrons. The molecule has 26 heavy (non-hydrogen) atoms. The minimum absolute atomic E-state index is 0.0794. The highest BCUT2D eigenvalue weighted by molar-refractivity contribution is 6.36. The molecule has 5 nitrogen and oxygen atoms in total. The number of carbonyl (C=O) groups excluding carboxylic acids is 1. The molecule has 0 saturated heterocycles. The van der Waals surface area contributed by atoms with Crippen molar-refractivity contribution in [2.75, 3.05) is 6.61 Å². The van der Waals surface area contributed by atoms with E-state index in [1.54, 1.807) is 18.2 Å². The average molecular weight is 389 g/mol. The molecule has 2 aromatic carbocycles. The Morgan fingerprint density at radius 1 is 1.00 bits per heavy atom. The first-order valence-corrected chi connectivity index (χ1v) is 8.56. The van der Waals surface area contributed by atoms with Gasteiger partial charge in [0.2, 0.25) is 5.88 Å². The lowest BCUT2D eigenvalue weighted by Gasteiger charge is -2.06. The van der Waals surface area contributed by atoms with E-state index in [4.69, 9.17) is 32.7 Å². The van der Waals surface area contributed by atoms with Gasteiger partial charge in [0.25, 0.3) is 0 Å². The summed E-state index contributed by atoms with van der Waals surface area (Å²) >= 11 is 11.8. The van der Waals surface area contributed by atoms with Crippen LogP contribution in [0.25, 0.3) is 11.3 Å². The fourth-order valence-electron chi connectivity index (χ4n) is 2.22. The van der Waals surface area contributed by atoms with Crippen LogP contribution in [0.4, 0.5) is 0 Å². The minimum Gasteiger partial charge on any atom is -0.494 e. The molecule has 0 unspecified atom stereocenters. The average Bonchev–Trinajstić information content (AvgIpc) is 2.63. The predicted molar refractivity (Wildman–Crippen MR) is 100 cm³/mol. The largest absolute Gasteiger partial charge is 0.494 e. The van der Waals surface area contributed by atoms with E-state index >= 15 is 0 Å². The first kappa shape index (κ1) is 18.2. The van der Waals surface area contributed by atoms with Crippen LogP contribution in [-0.2, 0) is 0 Å². The molecule has 3 rings (SSSR count). The van der Waals surface area contributed by atoms with Gasteiger partial charge < -0.3 is 9.47 Å². The Morgan fingerprint density at radius 2 is 1.77 bits per heavy atom. The van der Waals surface area contributed by atoms with Crippen LogP contribution in [0, 0.1) is 0 Å². The number of esters is 1. The van der Waals surface area contributed by atoms with Crippen LogP contribution in [0.5, 0.6) is 11.6 Å². The molecule has 0 spiro atoms. The van der Waals surface area contributed by atoms with E-state index in [1.165, 1.54) is 12.1 Å². The quantitative estimate of drug-likeness (QED) is 0.571. The smallest absolute Gasteiger partial charge is 0.346 e. The van der Waals surface area contributed by atoms with Crippen molar-refractivity contribution in [2.24, 2.45) is 0 Å². The maximum Gasteiger partial charge on any atom is 0.346 e. The lowest BCUT2D eigenvalue weighted by atomic mass is 10.1. The predicted octanol–water partition coefficient (Wildman–Crippen LogP) is 5.07. The van der Waals surface area contributed by atoms with E-state index < -0.39 is 5.97 Å². The van der Waals surface area contributed by atoms with Crippen LogP contribution in [0.3, 0.4) is 0 Å². The van der Waals surface area contributed by atoms with Crippen molar-refractivity contribution in [3.63, 3.8) is 0 Å². The van der Waals surface area contributed by atoms with Gasteiger partial charge in [0.1, 0.15) is 5.75 Å². The fourth-order valence-corrected chi connectivity index (χ4v) is 2.71. The molecule has 0 N–H and O–H groups in total. The first-order chi connectivity index (χ1) is 12.6. The summed E-state index contributed by atoms with van der Waals surface area (Å²) in [7, 11) is 0. The van der Waals surface area contributed by atoms with E-state index in [0.29, 0.717) is 17.3 Å². The summed E-state index contributed by atoms with van der Waals surface area (Å²) in [4.78, 5) is 12.2. The molecule has 0 aliphatic heterocycles.